The average molecular weight is 249 g/mol. The third-order valence-corrected chi connectivity index (χ3v) is 2.61. The Bertz CT molecular complexity index is 597. The summed E-state index contributed by atoms with van der Waals surface area (Å²) in [5, 5.41) is 0. The lowest BCUT2D eigenvalue weighted by molar-refractivity contribution is 0.459. The van der Waals surface area contributed by atoms with Crippen LogP contribution in [0.2, 0.25) is 0 Å². The number of hydrogen-bond acceptors (Lipinski definition) is 2. The first-order chi connectivity index (χ1) is 8.47. The van der Waals surface area contributed by atoms with E-state index < -0.39 is 11.6 Å². The van der Waals surface area contributed by atoms with Crippen LogP contribution in [0.15, 0.2) is 30.3 Å². The number of anilines is 1. The molecule has 4 heteroatoms. The number of rotatable bonds is 2. The third kappa shape index (κ3) is 2.42. The van der Waals surface area contributed by atoms with E-state index in [9.17, 15) is 8.78 Å². The number of hydrogen-bond donors (Lipinski definition) is 1. The van der Waals surface area contributed by atoms with Gasteiger partial charge in [0.1, 0.15) is 5.75 Å². The fraction of sp³-hybridized carbons (Fsp3) is 0.143. The zero-order valence-electron chi connectivity index (χ0n) is 10.1. The molecule has 0 aliphatic carbocycles. The molecule has 0 amide bonds. The van der Waals surface area contributed by atoms with Gasteiger partial charge in [0.25, 0.3) is 0 Å². The van der Waals surface area contributed by atoms with Gasteiger partial charge in [-0.15, -0.1) is 0 Å². The SMILES string of the molecule is Cc1ccc(N)c(Oc2cc(F)c(F)cc2C)c1. The molecule has 2 N–H and O–H groups in total. The van der Waals surface area contributed by atoms with Gasteiger partial charge in [-0.05, 0) is 43.2 Å². The summed E-state index contributed by atoms with van der Waals surface area (Å²) >= 11 is 0. The van der Waals surface area contributed by atoms with Crippen molar-refractivity contribution in [3.63, 3.8) is 0 Å². The van der Waals surface area contributed by atoms with Gasteiger partial charge in [-0.2, -0.15) is 0 Å². The normalized spacial score (nSPS) is 10.4. The summed E-state index contributed by atoms with van der Waals surface area (Å²) in [6.07, 6.45) is 0. The van der Waals surface area contributed by atoms with Gasteiger partial charge < -0.3 is 10.5 Å². The maximum absolute atomic E-state index is 13.2. The molecule has 0 aliphatic heterocycles. The Morgan fingerprint density at radius 3 is 2.33 bits per heavy atom. The van der Waals surface area contributed by atoms with Gasteiger partial charge in [0.15, 0.2) is 17.4 Å². The molecule has 2 rings (SSSR count). The lowest BCUT2D eigenvalue weighted by atomic mass is 10.2. The van der Waals surface area contributed by atoms with Gasteiger partial charge in [0.05, 0.1) is 5.69 Å². The Hall–Kier alpha value is -2.10. The van der Waals surface area contributed by atoms with Crippen LogP contribution < -0.4 is 10.5 Å². The fourth-order valence-corrected chi connectivity index (χ4v) is 1.59. The van der Waals surface area contributed by atoms with Crippen molar-refractivity contribution in [1.29, 1.82) is 0 Å². The van der Waals surface area contributed by atoms with E-state index >= 15 is 0 Å². The van der Waals surface area contributed by atoms with E-state index in [1.165, 1.54) is 0 Å². The van der Waals surface area contributed by atoms with Crippen LogP contribution in [0.3, 0.4) is 0 Å². The van der Waals surface area contributed by atoms with E-state index in [4.69, 9.17) is 10.5 Å². The Balaban J connectivity index is 2.40. The summed E-state index contributed by atoms with van der Waals surface area (Å²) in [6, 6.07) is 7.42. The molecule has 0 bridgehead atoms. The van der Waals surface area contributed by atoms with Gasteiger partial charge in [0.2, 0.25) is 0 Å². The Morgan fingerprint density at radius 2 is 1.61 bits per heavy atom. The van der Waals surface area contributed by atoms with Crippen molar-refractivity contribution in [3.05, 3.63) is 53.1 Å². The molecule has 0 aromatic heterocycles. The van der Waals surface area contributed by atoms with Crippen molar-refractivity contribution >= 4 is 5.69 Å². The van der Waals surface area contributed by atoms with Crippen LogP contribution in [0, 0.1) is 25.5 Å². The lowest BCUT2D eigenvalue weighted by Gasteiger charge is -2.11. The summed E-state index contributed by atoms with van der Waals surface area (Å²) in [7, 11) is 0. The molecule has 0 aliphatic rings. The molecule has 0 saturated carbocycles. The van der Waals surface area contributed by atoms with Crippen molar-refractivity contribution < 1.29 is 13.5 Å². The van der Waals surface area contributed by atoms with Crippen molar-refractivity contribution in [2.45, 2.75) is 13.8 Å². The topological polar surface area (TPSA) is 35.2 Å². The second kappa shape index (κ2) is 4.64. The highest BCUT2D eigenvalue weighted by atomic mass is 19.2. The van der Waals surface area contributed by atoms with Gasteiger partial charge in [-0.1, -0.05) is 6.07 Å². The van der Waals surface area contributed by atoms with Crippen LogP contribution in [-0.2, 0) is 0 Å². The minimum Gasteiger partial charge on any atom is -0.455 e. The first-order valence-corrected chi connectivity index (χ1v) is 5.47. The van der Waals surface area contributed by atoms with Gasteiger partial charge in [-0.3, -0.25) is 0 Å². The molecule has 0 radical (unpaired) electrons. The number of aryl methyl sites for hydroxylation is 2. The second-order valence-electron chi connectivity index (χ2n) is 4.18. The molecule has 0 saturated heterocycles. The van der Waals surface area contributed by atoms with E-state index in [1.807, 2.05) is 13.0 Å². The van der Waals surface area contributed by atoms with Crippen LogP contribution in [0.1, 0.15) is 11.1 Å². The number of nitrogens with two attached hydrogens (primary N) is 1. The highest BCUT2D eigenvalue weighted by Crippen LogP contribution is 2.31. The van der Waals surface area contributed by atoms with Crippen molar-refractivity contribution in [3.8, 4) is 11.5 Å². The highest BCUT2D eigenvalue weighted by Gasteiger charge is 2.10. The van der Waals surface area contributed by atoms with Crippen LogP contribution in [-0.4, -0.2) is 0 Å². The molecule has 0 spiro atoms. The summed E-state index contributed by atoms with van der Waals surface area (Å²) in [4.78, 5) is 0. The van der Waals surface area contributed by atoms with E-state index in [1.54, 1.807) is 19.1 Å². The molecule has 2 aromatic rings. The van der Waals surface area contributed by atoms with Crippen molar-refractivity contribution in [2.24, 2.45) is 0 Å². The second-order valence-corrected chi connectivity index (χ2v) is 4.18. The van der Waals surface area contributed by atoms with Crippen molar-refractivity contribution in [1.82, 2.24) is 0 Å². The molecule has 2 nitrogen and oxygen atoms in total. The summed E-state index contributed by atoms with van der Waals surface area (Å²) in [5.74, 6) is -1.14. The van der Waals surface area contributed by atoms with E-state index in [0.29, 0.717) is 17.0 Å². The number of benzene rings is 2. The lowest BCUT2D eigenvalue weighted by Crippen LogP contribution is -1.96. The molecule has 18 heavy (non-hydrogen) atoms. The molecule has 0 unspecified atom stereocenters. The van der Waals surface area contributed by atoms with Crippen LogP contribution in [0.25, 0.3) is 0 Å². The van der Waals surface area contributed by atoms with Crippen LogP contribution >= 0.6 is 0 Å². The maximum atomic E-state index is 13.2. The van der Waals surface area contributed by atoms with Crippen LogP contribution in [0.5, 0.6) is 11.5 Å². The Kier molecular flexibility index (Phi) is 3.19. The predicted octanol–water partition coefficient (Wildman–Crippen LogP) is 3.96. The maximum Gasteiger partial charge on any atom is 0.162 e. The smallest absolute Gasteiger partial charge is 0.162 e. The zero-order valence-corrected chi connectivity index (χ0v) is 10.1. The monoisotopic (exact) mass is 249 g/mol. The molecular formula is C14H13F2NO. The predicted molar refractivity (Wildman–Crippen MR) is 66.8 cm³/mol. The first kappa shape index (κ1) is 12.4. The molecule has 0 heterocycles. The Morgan fingerprint density at radius 1 is 0.944 bits per heavy atom. The molecule has 0 fully saturated rings. The van der Waals surface area contributed by atoms with Crippen LogP contribution in [0.4, 0.5) is 14.5 Å². The molecular weight excluding hydrogens is 236 g/mol. The van der Waals surface area contributed by atoms with E-state index in [2.05, 4.69) is 0 Å². The van der Waals surface area contributed by atoms with Crippen molar-refractivity contribution in [2.75, 3.05) is 5.73 Å². The summed E-state index contributed by atoms with van der Waals surface area (Å²) in [5.41, 5.74) is 7.69. The van der Waals surface area contributed by atoms with Gasteiger partial charge in [0, 0.05) is 6.07 Å². The zero-order chi connectivity index (χ0) is 13.3. The third-order valence-electron chi connectivity index (χ3n) is 2.61. The minimum atomic E-state index is -0.943. The van der Waals surface area contributed by atoms with E-state index in [-0.39, 0.29) is 5.75 Å². The van der Waals surface area contributed by atoms with E-state index in [0.717, 1.165) is 17.7 Å². The number of ether oxygens (including phenoxy) is 1. The van der Waals surface area contributed by atoms with Gasteiger partial charge >= 0.3 is 0 Å². The molecule has 94 valence electrons. The quantitative estimate of drug-likeness (QED) is 0.818. The fourth-order valence-electron chi connectivity index (χ4n) is 1.59. The first-order valence-electron chi connectivity index (χ1n) is 5.47. The summed E-state index contributed by atoms with van der Waals surface area (Å²) < 4.78 is 31.7. The standard InChI is InChI=1S/C14H13F2NO/c1-8-3-4-12(17)14(5-8)18-13-7-11(16)10(15)6-9(13)2/h3-7H,17H2,1-2H3. The average Bonchev–Trinajstić information content (AvgIpc) is 2.30. The molecule has 0 atom stereocenters. The molecule has 2 aromatic carbocycles. The largest absolute Gasteiger partial charge is 0.455 e. The Labute approximate surface area is 104 Å². The van der Waals surface area contributed by atoms with Gasteiger partial charge in [-0.25, -0.2) is 8.78 Å². The highest BCUT2D eigenvalue weighted by molar-refractivity contribution is 5.55. The number of halogens is 2. The summed E-state index contributed by atoms with van der Waals surface area (Å²) in [6.45, 7) is 3.54. The minimum absolute atomic E-state index is 0.256. The number of nitrogen functional groups attached to an aromatic ring is 1.